The molecule has 0 saturated carbocycles. The largest absolute Gasteiger partial charge is 0.466 e. The molecule has 3 nitrogen and oxygen atoms in total. The predicted octanol–water partition coefficient (Wildman–Crippen LogP) is 0.789. The number of carbonyl (C=O) groups excluding carboxylic acids is 1. The zero-order valence-corrected chi connectivity index (χ0v) is 6.42. The Morgan fingerprint density at radius 3 is 2.70 bits per heavy atom. The monoisotopic (exact) mass is 145 g/mol. The van der Waals surface area contributed by atoms with Gasteiger partial charge in [-0.25, -0.2) is 0 Å². The second-order valence-electron chi connectivity index (χ2n) is 1.97. The SMILES string of the molecule is [CH2]COC(=O)CC(C)OC. The minimum atomic E-state index is -0.260. The van der Waals surface area contributed by atoms with Gasteiger partial charge in [-0.1, -0.05) is 0 Å². The maximum absolute atomic E-state index is 10.7. The zero-order chi connectivity index (χ0) is 7.98. The van der Waals surface area contributed by atoms with Crippen LogP contribution >= 0.6 is 0 Å². The van der Waals surface area contributed by atoms with E-state index in [4.69, 9.17) is 4.74 Å². The highest BCUT2D eigenvalue weighted by molar-refractivity contribution is 5.69. The van der Waals surface area contributed by atoms with Gasteiger partial charge >= 0.3 is 5.97 Å². The fourth-order valence-corrected chi connectivity index (χ4v) is 0.491. The van der Waals surface area contributed by atoms with Gasteiger partial charge in [0.15, 0.2) is 0 Å². The first-order chi connectivity index (χ1) is 4.70. The lowest BCUT2D eigenvalue weighted by molar-refractivity contribution is -0.144. The van der Waals surface area contributed by atoms with Crippen LogP contribution in [0, 0.1) is 6.92 Å². The van der Waals surface area contributed by atoms with Gasteiger partial charge in [0, 0.05) is 7.11 Å². The number of esters is 1. The zero-order valence-electron chi connectivity index (χ0n) is 6.42. The van der Waals surface area contributed by atoms with Gasteiger partial charge in [0.25, 0.3) is 0 Å². The number of methoxy groups -OCH3 is 1. The molecule has 0 aliphatic rings. The van der Waals surface area contributed by atoms with Gasteiger partial charge in [0.05, 0.1) is 19.1 Å². The van der Waals surface area contributed by atoms with Gasteiger partial charge in [0.1, 0.15) is 0 Å². The van der Waals surface area contributed by atoms with Gasteiger partial charge < -0.3 is 9.47 Å². The lowest BCUT2D eigenvalue weighted by Crippen LogP contribution is -2.14. The summed E-state index contributed by atoms with van der Waals surface area (Å²) in [5.41, 5.74) is 0. The molecule has 0 aromatic heterocycles. The molecule has 0 bridgehead atoms. The van der Waals surface area contributed by atoms with Crippen LogP contribution in [-0.4, -0.2) is 25.8 Å². The van der Waals surface area contributed by atoms with Crippen molar-refractivity contribution in [3.05, 3.63) is 6.92 Å². The van der Waals surface area contributed by atoms with E-state index in [-0.39, 0.29) is 18.7 Å². The Morgan fingerprint density at radius 2 is 2.30 bits per heavy atom. The Kier molecular flexibility index (Phi) is 4.94. The topological polar surface area (TPSA) is 35.5 Å². The quantitative estimate of drug-likeness (QED) is 0.548. The highest BCUT2D eigenvalue weighted by atomic mass is 16.5. The Balaban J connectivity index is 3.37. The molecule has 1 atom stereocenters. The second-order valence-corrected chi connectivity index (χ2v) is 1.97. The lowest BCUT2D eigenvalue weighted by atomic mass is 10.3. The van der Waals surface area contributed by atoms with E-state index in [0.29, 0.717) is 6.42 Å². The van der Waals surface area contributed by atoms with Crippen LogP contribution in [0.15, 0.2) is 0 Å². The Bertz CT molecular complexity index is 101. The van der Waals surface area contributed by atoms with E-state index < -0.39 is 0 Å². The summed E-state index contributed by atoms with van der Waals surface area (Å²) >= 11 is 0. The van der Waals surface area contributed by atoms with Crippen molar-refractivity contribution in [3.63, 3.8) is 0 Å². The minimum Gasteiger partial charge on any atom is -0.466 e. The summed E-state index contributed by atoms with van der Waals surface area (Å²) in [6.07, 6.45) is 0.227. The van der Waals surface area contributed by atoms with E-state index >= 15 is 0 Å². The summed E-state index contributed by atoms with van der Waals surface area (Å²) in [5.74, 6) is -0.260. The molecule has 0 amide bonds. The number of hydrogen-bond acceptors (Lipinski definition) is 3. The molecular weight excluding hydrogens is 132 g/mol. The third kappa shape index (κ3) is 4.32. The molecule has 0 saturated heterocycles. The third-order valence-electron chi connectivity index (χ3n) is 1.12. The number of rotatable bonds is 4. The van der Waals surface area contributed by atoms with Crippen molar-refractivity contribution in [2.45, 2.75) is 19.4 Å². The summed E-state index contributed by atoms with van der Waals surface area (Å²) in [6, 6.07) is 0. The summed E-state index contributed by atoms with van der Waals surface area (Å²) < 4.78 is 9.43. The molecule has 0 spiro atoms. The molecule has 1 radical (unpaired) electrons. The molecule has 59 valence electrons. The molecule has 1 unspecified atom stereocenters. The van der Waals surface area contributed by atoms with Crippen LogP contribution in [0.1, 0.15) is 13.3 Å². The van der Waals surface area contributed by atoms with E-state index in [2.05, 4.69) is 11.7 Å². The predicted molar refractivity (Wildman–Crippen MR) is 37.4 cm³/mol. The molecule has 0 aromatic carbocycles. The highest BCUT2D eigenvalue weighted by Gasteiger charge is 2.07. The summed E-state index contributed by atoms with van der Waals surface area (Å²) in [4.78, 5) is 10.7. The van der Waals surface area contributed by atoms with E-state index in [1.807, 2.05) is 6.92 Å². The van der Waals surface area contributed by atoms with E-state index in [1.54, 1.807) is 7.11 Å². The fourth-order valence-electron chi connectivity index (χ4n) is 0.491. The second kappa shape index (κ2) is 5.23. The van der Waals surface area contributed by atoms with Crippen molar-refractivity contribution in [3.8, 4) is 0 Å². The van der Waals surface area contributed by atoms with Gasteiger partial charge in [-0.2, -0.15) is 0 Å². The van der Waals surface area contributed by atoms with Crippen molar-refractivity contribution in [2.75, 3.05) is 13.7 Å². The van der Waals surface area contributed by atoms with Crippen molar-refractivity contribution >= 4 is 5.97 Å². The molecule has 0 aliphatic heterocycles. The molecule has 0 aliphatic carbocycles. The van der Waals surface area contributed by atoms with Crippen molar-refractivity contribution in [1.82, 2.24) is 0 Å². The normalized spacial score (nSPS) is 12.7. The van der Waals surface area contributed by atoms with Crippen LogP contribution in [0.5, 0.6) is 0 Å². The third-order valence-corrected chi connectivity index (χ3v) is 1.12. The van der Waals surface area contributed by atoms with E-state index in [9.17, 15) is 4.79 Å². The summed E-state index contributed by atoms with van der Waals surface area (Å²) in [7, 11) is 1.56. The first-order valence-corrected chi connectivity index (χ1v) is 3.18. The van der Waals surface area contributed by atoms with Crippen LogP contribution in [0.2, 0.25) is 0 Å². The van der Waals surface area contributed by atoms with Gasteiger partial charge in [-0.05, 0) is 13.8 Å². The number of hydrogen-bond donors (Lipinski definition) is 0. The van der Waals surface area contributed by atoms with Gasteiger partial charge in [-0.3, -0.25) is 4.79 Å². The van der Waals surface area contributed by atoms with Crippen LogP contribution < -0.4 is 0 Å². The molecule has 0 aromatic rings. The van der Waals surface area contributed by atoms with Gasteiger partial charge in [-0.15, -0.1) is 0 Å². The van der Waals surface area contributed by atoms with Crippen molar-refractivity contribution in [1.29, 1.82) is 0 Å². The molecule has 0 heterocycles. The van der Waals surface area contributed by atoms with Crippen LogP contribution in [-0.2, 0) is 14.3 Å². The molecule has 3 heteroatoms. The minimum absolute atomic E-state index is 0.0703. The Morgan fingerprint density at radius 1 is 1.70 bits per heavy atom. The molecule has 0 fully saturated rings. The standard InChI is InChI=1S/C7H13O3/c1-4-10-7(8)5-6(2)9-3/h6H,1,4-5H2,2-3H3. The Labute approximate surface area is 61.3 Å². The fraction of sp³-hybridized carbons (Fsp3) is 0.714. The van der Waals surface area contributed by atoms with Gasteiger partial charge in [0.2, 0.25) is 0 Å². The molecule has 10 heavy (non-hydrogen) atoms. The Hall–Kier alpha value is -0.570. The highest BCUT2D eigenvalue weighted by Crippen LogP contribution is 1.96. The first-order valence-electron chi connectivity index (χ1n) is 3.18. The maximum Gasteiger partial charge on any atom is 0.308 e. The van der Waals surface area contributed by atoms with Crippen LogP contribution in [0.4, 0.5) is 0 Å². The van der Waals surface area contributed by atoms with E-state index in [0.717, 1.165) is 0 Å². The van der Waals surface area contributed by atoms with E-state index in [1.165, 1.54) is 0 Å². The smallest absolute Gasteiger partial charge is 0.308 e. The van der Waals surface area contributed by atoms with Crippen LogP contribution in [0.3, 0.4) is 0 Å². The average molecular weight is 145 g/mol. The number of ether oxygens (including phenoxy) is 2. The molecule has 0 N–H and O–H groups in total. The summed E-state index contributed by atoms with van der Waals surface area (Å²) in [5, 5.41) is 0. The molecule has 0 rings (SSSR count). The lowest BCUT2D eigenvalue weighted by Gasteiger charge is -2.07. The van der Waals surface area contributed by atoms with Crippen LogP contribution in [0.25, 0.3) is 0 Å². The average Bonchev–Trinajstić information content (AvgIpc) is 1.88. The van der Waals surface area contributed by atoms with Crippen molar-refractivity contribution in [2.24, 2.45) is 0 Å². The summed E-state index contributed by atoms with van der Waals surface area (Å²) in [6.45, 7) is 5.37. The maximum atomic E-state index is 10.7. The molecular formula is C7H13O3. The van der Waals surface area contributed by atoms with Crippen molar-refractivity contribution < 1.29 is 14.3 Å². The number of carbonyl (C=O) groups is 1. The first kappa shape index (κ1) is 9.43.